The van der Waals surface area contributed by atoms with Crippen LogP contribution < -0.4 is 10.6 Å². The lowest BCUT2D eigenvalue weighted by molar-refractivity contribution is -0.117. The summed E-state index contributed by atoms with van der Waals surface area (Å²) in [6, 6.07) is 24.8. The Kier molecular flexibility index (Phi) is 8.13. The van der Waals surface area contributed by atoms with Crippen molar-refractivity contribution in [3.05, 3.63) is 101 Å². The predicted molar refractivity (Wildman–Crippen MR) is 153 cm³/mol. The van der Waals surface area contributed by atoms with Gasteiger partial charge < -0.3 is 14.5 Å². The van der Waals surface area contributed by atoms with Crippen LogP contribution in [0.4, 0.5) is 10.5 Å². The highest BCUT2D eigenvalue weighted by atomic mass is 28.4. The van der Waals surface area contributed by atoms with Crippen molar-refractivity contribution < 1.29 is 18.8 Å². The molecule has 2 N–H and O–H groups in total. The van der Waals surface area contributed by atoms with E-state index in [4.69, 9.17) is 9.16 Å². The van der Waals surface area contributed by atoms with E-state index in [1.54, 1.807) is 0 Å². The lowest BCUT2D eigenvalue weighted by atomic mass is 9.99. The van der Waals surface area contributed by atoms with Crippen LogP contribution in [-0.4, -0.2) is 32.2 Å². The summed E-state index contributed by atoms with van der Waals surface area (Å²) in [7, 11) is -1.87. The van der Waals surface area contributed by atoms with E-state index in [9.17, 15) is 9.59 Å². The molecule has 1 unspecified atom stereocenters. The molecule has 0 saturated carbocycles. The number of alkyl carbamates (subject to hydrolysis) is 1. The van der Waals surface area contributed by atoms with Crippen LogP contribution in [0, 0.1) is 0 Å². The van der Waals surface area contributed by atoms with E-state index in [0.29, 0.717) is 18.0 Å². The van der Waals surface area contributed by atoms with Crippen molar-refractivity contribution in [2.24, 2.45) is 4.99 Å². The molecule has 0 fully saturated rings. The van der Waals surface area contributed by atoms with Gasteiger partial charge in [0.2, 0.25) is 6.17 Å². The maximum absolute atomic E-state index is 13.0. The molecule has 1 heterocycles. The van der Waals surface area contributed by atoms with Gasteiger partial charge in [-0.1, -0.05) is 93.6 Å². The Labute approximate surface area is 225 Å². The summed E-state index contributed by atoms with van der Waals surface area (Å²) in [4.78, 5) is 30.2. The highest BCUT2D eigenvalue weighted by Gasteiger charge is 2.37. The zero-order valence-electron chi connectivity index (χ0n) is 22.6. The number of nitrogens with zero attached hydrogens (tertiary/aromatic N) is 1. The van der Waals surface area contributed by atoms with Crippen LogP contribution >= 0.6 is 0 Å². The number of benzene rings is 3. The number of carbonyl (C=O) groups is 2. The molecule has 7 nitrogen and oxygen atoms in total. The van der Waals surface area contributed by atoms with E-state index < -0.39 is 26.5 Å². The van der Waals surface area contributed by atoms with Crippen molar-refractivity contribution in [2.45, 2.75) is 58.3 Å². The number of fused-ring (bicyclic) bond motifs is 1. The average Bonchev–Trinajstić information content (AvgIpc) is 3.03. The van der Waals surface area contributed by atoms with Crippen LogP contribution in [-0.2, 0) is 27.2 Å². The lowest BCUT2D eigenvalue weighted by Gasteiger charge is -2.36. The van der Waals surface area contributed by atoms with E-state index in [0.717, 1.165) is 22.3 Å². The number of ether oxygens (including phenoxy) is 1. The lowest BCUT2D eigenvalue weighted by Crippen LogP contribution is -2.42. The second-order valence-corrected chi connectivity index (χ2v) is 15.7. The van der Waals surface area contributed by atoms with Crippen molar-refractivity contribution in [2.75, 3.05) is 5.32 Å². The second kappa shape index (κ2) is 11.3. The zero-order valence-corrected chi connectivity index (χ0v) is 23.6. The summed E-state index contributed by atoms with van der Waals surface area (Å²) < 4.78 is 11.7. The number of hydrogen-bond donors (Lipinski definition) is 2. The Balaban J connectivity index is 1.54. The molecule has 3 aromatic rings. The standard InChI is InChI=1S/C30H35N3O4Si/c1-30(2,3)38(4,5)37-20-22-15-17-23(18-16-22)26-24-13-9-10-14-25(24)31-28(34)27(32-26)33-29(35)36-19-21-11-7-6-8-12-21/h6-18,27H,19-20H2,1-5H3,(H,31,34)(H,33,35). The quantitative estimate of drug-likeness (QED) is 0.354. The minimum absolute atomic E-state index is 0.0935. The van der Waals surface area contributed by atoms with Crippen LogP contribution in [0.5, 0.6) is 0 Å². The fourth-order valence-electron chi connectivity index (χ4n) is 3.70. The summed E-state index contributed by atoms with van der Waals surface area (Å²) in [5.74, 6) is -0.441. The van der Waals surface area contributed by atoms with E-state index in [1.165, 1.54) is 0 Å². The van der Waals surface area contributed by atoms with Crippen LogP contribution in [0.2, 0.25) is 18.1 Å². The zero-order chi connectivity index (χ0) is 27.3. The minimum Gasteiger partial charge on any atom is -0.445 e. The molecule has 0 saturated heterocycles. The van der Waals surface area contributed by atoms with Gasteiger partial charge in [0.15, 0.2) is 8.32 Å². The van der Waals surface area contributed by atoms with Crippen molar-refractivity contribution in [3.8, 4) is 0 Å². The molecule has 4 rings (SSSR count). The fraction of sp³-hybridized carbons (Fsp3) is 0.300. The predicted octanol–water partition coefficient (Wildman–Crippen LogP) is 6.25. The third-order valence-corrected chi connectivity index (χ3v) is 11.5. The minimum atomic E-state index is -1.87. The Hall–Kier alpha value is -3.75. The highest BCUT2D eigenvalue weighted by Crippen LogP contribution is 2.37. The molecule has 1 aliphatic heterocycles. The molecular weight excluding hydrogens is 494 g/mol. The van der Waals surface area contributed by atoms with Crippen molar-refractivity contribution in [1.29, 1.82) is 0 Å². The topological polar surface area (TPSA) is 89.0 Å². The van der Waals surface area contributed by atoms with Gasteiger partial charge in [0.05, 0.1) is 18.0 Å². The first kappa shape index (κ1) is 27.3. The normalized spacial score (nSPS) is 15.6. The van der Waals surface area contributed by atoms with E-state index in [-0.39, 0.29) is 11.6 Å². The SMILES string of the molecule is CC(C)(C)[Si](C)(C)OCc1ccc(C2=NC(NC(=O)OCc3ccccc3)C(=O)Nc3ccccc32)cc1. The Morgan fingerprint density at radius 3 is 2.24 bits per heavy atom. The van der Waals surface area contributed by atoms with E-state index in [1.807, 2.05) is 78.9 Å². The third kappa shape index (κ3) is 6.57. The molecule has 198 valence electrons. The number of aliphatic imine (C=N–C) groups is 1. The fourth-order valence-corrected chi connectivity index (χ4v) is 4.66. The molecule has 0 aliphatic carbocycles. The summed E-state index contributed by atoms with van der Waals surface area (Å²) >= 11 is 0. The molecule has 0 bridgehead atoms. The molecular formula is C30H35N3O4Si. The second-order valence-electron chi connectivity index (χ2n) is 10.9. The van der Waals surface area contributed by atoms with Crippen molar-refractivity contribution in [1.82, 2.24) is 5.32 Å². The first-order valence-electron chi connectivity index (χ1n) is 12.7. The summed E-state index contributed by atoms with van der Waals surface area (Å²) in [6.45, 7) is 11.8. The number of nitrogens with one attached hydrogen (secondary N) is 2. The molecule has 0 aromatic heterocycles. The third-order valence-electron chi connectivity index (χ3n) is 7.05. The molecule has 3 aromatic carbocycles. The van der Waals surface area contributed by atoms with Crippen molar-refractivity contribution >= 4 is 31.7 Å². The van der Waals surface area contributed by atoms with Crippen LogP contribution in [0.3, 0.4) is 0 Å². The first-order chi connectivity index (χ1) is 18.0. The summed E-state index contributed by atoms with van der Waals surface area (Å²) in [6.07, 6.45) is -1.87. The molecule has 1 atom stereocenters. The number of hydrogen-bond acceptors (Lipinski definition) is 5. The molecule has 0 radical (unpaired) electrons. The molecule has 0 spiro atoms. The molecule has 1 aliphatic rings. The van der Waals surface area contributed by atoms with Gasteiger partial charge in [0.1, 0.15) is 6.61 Å². The van der Waals surface area contributed by atoms with E-state index >= 15 is 0 Å². The van der Waals surface area contributed by atoms with E-state index in [2.05, 4.69) is 49.5 Å². The van der Waals surface area contributed by atoms with Gasteiger partial charge >= 0.3 is 6.09 Å². The number of para-hydroxylation sites is 1. The average molecular weight is 530 g/mol. The first-order valence-corrected chi connectivity index (χ1v) is 15.6. The Bertz CT molecular complexity index is 1320. The Morgan fingerprint density at radius 2 is 1.55 bits per heavy atom. The van der Waals surface area contributed by atoms with Gasteiger partial charge in [0.25, 0.3) is 5.91 Å². The van der Waals surface area contributed by atoms with Crippen LogP contribution in [0.15, 0.2) is 83.9 Å². The summed E-state index contributed by atoms with van der Waals surface area (Å²) in [5.41, 5.74) is 4.74. The van der Waals surface area contributed by atoms with Crippen LogP contribution in [0.25, 0.3) is 0 Å². The maximum Gasteiger partial charge on any atom is 0.409 e. The number of amides is 2. The largest absolute Gasteiger partial charge is 0.445 e. The number of benzodiazepines with no additional fused rings is 1. The van der Waals surface area contributed by atoms with Crippen molar-refractivity contribution in [3.63, 3.8) is 0 Å². The smallest absolute Gasteiger partial charge is 0.409 e. The van der Waals surface area contributed by atoms with Gasteiger partial charge in [-0.3, -0.25) is 10.1 Å². The maximum atomic E-state index is 13.0. The Morgan fingerprint density at radius 1 is 0.921 bits per heavy atom. The van der Waals surface area contributed by atoms with Crippen LogP contribution in [0.1, 0.15) is 43.0 Å². The molecule has 2 amide bonds. The van der Waals surface area contributed by atoms with Gasteiger partial charge in [-0.15, -0.1) is 0 Å². The monoisotopic (exact) mass is 529 g/mol. The molecule has 38 heavy (non-hydrogen) atoms. The number of anilines is 1. The number of carbonyl (C=O) groups excluding carboxylic acids is 2. The number of rotatable bonds is 7. The highest BCUT2D eigenvalue weighted by molar-refractivity contribution is 6.74. The molecule has 8 heteroatoms. The van der Waals surface area contributed by atoms with Gasteiger partial charge in [-0.05, 0) is 35.3 Å². The van der Waals surface area contributed by atoms with Gasteiger partial charge in [-0.25, -0.2) is 9.79 Å². The van der Waals surface area contributed by atoms with Gasteiger partial charge in [0, 0.05) is 11.1 Å². The summed E-state index contributed by atoms with van der Waals surface area (Å²) in [5, 5.41) is 5.61. The van der Waals surface area contributed by atoms with Gasteiger partial charge in [-0.2, -0.15) is 0 Å².